The van der Waals surface area contributed by atoms with Crippen LogP contribution in [-0.4, -0.2) is 23.0 Å². The number of hydrogen-bond donors (Lipinski definition) is 0. The van der Waals surface area contributed by atoms with Gasteiger partial charge in [-0.05, 0) is 0 Å². The van der Waals surface area contributed by atoms with Gasteiger partial charge in [0.05, 0.1) is 0 Å². The summed E-state index contributed by atoms with van der Waals surface area (Å²) in [7, 11) is -4.64. The molecule has 0 amide bonds. The fraction of sp³-hybridized carbons (Fsp3) is 0.259. The Morgan fingerprint density at radius 3 is 1.65 bits per heavy atom. The summed E-state index contributed by atoms with van der Waals surface area (Å²) in [6, 6.07) is 31.1. The zero-order valence-corrected chi connectivity index (χ0v) is 22.7. The zero-order valence-electron chi connectivity index (χ0n) is 19.0. The molecule has 3 aromatic rings. The average molecular weight is 512 g/mol. The van der Waals surface area contributed by atoms with E-state index in [-0.39, 0.29) is 15.0 Å². The van der Waals surface area contributed by atoms with E-state index in [0.29, 0.717) is 0 Å². The summed E-state index contributed by atoms with van der Waals surface area (Å²) in [5, 5.41) is 3.43. The van der Waals surface area contributed by atoms with Gasteiger partial charge < -0.3 is 0 Å². The molecule has 162 valence electrons. The Morgan fingerprint density at radius 1 is 0.774 bits per heavy atom. The van der Waals surface area contributed by atoms with Crippen LogP contribution >= 0.6 is 7.14 Å². The maximum absolute atomic E-state index is 15.4. The molecule has 0 N–H and O–H groups in total. The first kappa shape index (κ1) is 24.0. The molecular formula is C27H33OPSeSi. The van der Waals surface area contributed by atoms with E-state index < -0.39 is 15.2 Å². The number of rotatable bonds is 9. The number of unbranched alkanes of at least 4 members (excludes halogenated alkanes) is 1. The van der Waals surface area contributed by atoms with Crippen LogP contribution in [0.4, 0.5) is 0 Å². The van der Waals surface area contributed by atoms with Crippen LogP contribution in [-0.2, 0) is 4.57 Å². The Balaban J connectivity index is 2.35. The van der Waals surface area contributed by atoms with Crippen LogP contribution in [0, 0.1) is 0 Å². The summed E-state index contributed by atoms with van der Waals surface area (Å²) < 4.78 is 17.9. The molecule has 31 heavy (non-hydrogen) atoms. The van der Waals surface area contributed by atoms with Crippen molar-refractivity contribution in [2.75, 3.05) is 0 Å². The van der Waals surface area contributed by atoms with E-state index in [1.54, 1.807) is 0 Å². The summed E-state index contributed by atoms with van der Waals surface area (Å²) in [4.78, 5) is 0. The van der Waals surface area contributed by atoms with Crippen LogP contribution in [0.15, 0.2) is 100 Å². The van der Waals surface area contributed by atoms with Gasteiger partial charge in [-0.25, -0.2) is 0 Å². The molecule has 4 heteroatoms. The SMILES string of the molecule is CCCC/C(=C(/[Se]c1ccccc1)P(=O)(c1ccccc1)c1ccccc1)[Si](C)(C)C. The zero-order chi connectivity index (χ0) is 22.3. The third-order valence-corrected chi connectivity index (χ3v) is 15.3. The number of hydrogen-bond acceptors (Lipinski definition) is 1. The first-order valence-electron chi connectivity index (χ1n) is 11.1. The second kappa shape index (κ2) is 10.8. The molecule has 0 bridgehead atoms. The Hall–Kier alpha value is -1.63. The Kier molecular flexibility index (Phi) is 8.36. The van der Waals surface area contributed by atoms with Crippen LogP contribution in [0.25, 0.3) is 0 Å². The molecule has 3 rings (SSSR count). The molecule has 3 aromatic carbocycles. The topological polar surface area (TPSA) is 17.1 Å². The van der Waals surface area contributed by atoms with E-state index in [1.807, 2.05) is 36.4 Å². The standard InChI is InChI=1S/C27H33OPSeSi/c1-5-6-22-26(31(2,3)4)27(30-25-20-14-9-15-21-25)29(28,23-16-10-7-11-17-23)24-18-12-8-13-19-24/h7-21H,5-6,22H2,1-4H3/b27-26-. The number of benzene rings is 3. The summed E-state index contributed by atoms with van der Waals surface area (Å²) in [5.74, 6) is 0. The van der Waals surface area contributed by atoms with Gasteiger partial charge in [-0.2, -0.15) is 0 Å². The van der Waals surface area contributed by atoms with Crippen molar-refractivity contribution >= 4 is 45.2 Å². The van der Waals surface area contributed by atoms with Gasteiger partial charge in [-0.1, -0.05) is 0 Å². The van der Waals surface area contributed by atoms with Gasteiger partial charge in [0.2, 0.25) is 0 Å². The molecular weight excluding hydrogens is 478 g/mol. The molecule has 0 aliphatic carbocycles. The van der Waals surface area contributed by atoms with Gasteiger partial charge in [0.15, 0.2) is 0 Å². The van der Waals surface area contributed by atoms with Crippen molar-refractivity contribution in [1.29, 1.82) is 0 Å². The van der Waals surface area contributed by atoms with E-state index in [2.05, 4.69) is 81.2 Å². The summed E-state index contributed by atoms with van der Waals surface area (Å²) in [5.41, 5.74) is 0. The van der Waals surface area contributed by atoms with Gasteiger partial charge in [0.1, 0.15) is 0 Å². The quantitative estimate of drug-likeness (QED) is 0.243. The fourth-order valence-corrected chi connectivity index (χ4v) is 15.8. The van der Waals surface area contributed by atoms with Crippen molar-refractivity contribution in [2.24, 2.45) is 0 Å². The molecule has 0 aliphatic heterocycles. The average Bonchev–Trinajstić information content (AvgIpc) is 2.79. The van der Waals surface area contributed by atoms with E-state index in [1.165, 1.54) is 13.9 Å². The Bertz CT molecular complexity index is 997. The van der Waals surface area contributed by atoms with Crippen LogP contribution in [0.2, 0.25) is 19.6 Å². The second-order valence-corrected chi connectivity index (χ2v) is 19.6. The van der Waals surface area contributed by atoms with Gasteiger partial charge >= 0.3 is 196 Å². The van der Waals surface area contributed by atoms with E-state index >= 15 is 4.57 Å². The summed E-state index contributed by atoms with van der Waals surface area (Å²) in [6.07, 6.45) is 3.36. The minimum atomic E-state index is -2.95. The van der Waals surface area contributed by atoms with Crippen molar-refractivity contribution < 1.29 is 4.57 Å². The molecule has 1 nitrogen and oxygen atoms in total. The first-order chi connectivity index (χ1) is 14.9. The van der Waals surface area contributed by atoms with E-state index in [0.717, 1.165) is 29.9 Å². The van der Waals surface area contributed by atoms with E-state index in [4.69, 9.17) is 0 Å². The third kappa shape index (κ3) is 5.79. The Morgan fingerprint density at radius 2 is 1.23 bits per heavy atom. The Labute approximate surface area is 195 Å². The molecule has 0 aliphatic rings. The van der Waals surface area contributed by atoms with Crippen LogP contribution in [0.5, 0.6) is 0 Å². The molecule has 0 aromatic heterocycles. The molecule has 0 radical (unpaired) electrons. The second-order valence-electron chi connectivity index (χ2n) is 8.83. The molecule has 0 saturated carbocycles. The summed E-state index contributed by atoms with van der Waals surface area (Å²) >= 11 is 0.00578. The third-order valence-electron chi connectivity index (χ3n) is 5.43. The van der Waals surface area contributed by atoms with Crippen LogP contribution in [0.3, 0.4) is 0 Å². The van der Waals surface area contributed by atoms with Crippen molar-refractivity contribution in [3.63, 3.8) is 0 Å². The van der Waals surface area contributed by atoms with E-state index in [9.17, 15) is 0 Å². The van der Waals surface area contributed by atoms with Crippen LogP contribution in [0.1, 0.15) is 26.2 Å². The number of allylic oxidation sites excluding steroid dienone is 1. The first-order valence-corrected chi connectivity index (χ1v) is 18.0. The predicted octanol–water partition coefficient (Wildman–Crippen LogP) is 6.31. The van der Waals surface area contributed by atoms with Gasteiger partial charge in [-0.15, -0.1) is 0 Å². The van der Waals surface area contributed by atoms with Crippen molar-refractivity contribution in [2.45, 2.75) is 45.8 Å². The molecule has 0 saturated heterocycles. The minimum absolute atomic E-state index is 0.00578. The van der Waals surface area contributed by atoms with Gasteiger partial charge in [-0.3, -0.25) is 0 Å². The van der Waals surface area contributed by atoms with Crippen LogP contribution < -0.4 is 15.1 Å². The molecule has 0 fully saturated rings. The predicted molar refractivity (Wildman–Crippen MR) is 141 cm³/mol. The summed E-state index contributed by atoms with van der Waals surface area (Å²) in [6.45, 7) is 9.50. The van der Waals surface area contributed by atoms with Crippen molar-refractivity contribution in [1.82, 2.24) is 0 Å². The molecule has 0 heterocycles. The van der Waals surface area contributed by atoms with Gasteiger partial charge in [0.25, 0.3) is 0 Å². The molecule has 0 atom stereocenters. The maximum atomic E-state index is 15.4. The van der Waals surface area contributed by atoms with Gasteiger partial charge in [0, 0.05) is 0 Å². The monoisotopic (exact) mass is 512 g/mol. The fourth-order valence-electron chi connectivity index (χ4n) is 3.73. The normalized spacial score (nSPS) is 13.0. The van der Waals surface area contributed by atoms with Crippen molar-refractivity contribution in [3.8, 4) is 0 Å². The molecule has 0 unspecified atom stereocenters. The molecule has 0 spiro atoms. The van der Waals surface area contributed by atoms with Crippen molar-refractivity contribution in [3.05, 3.63) is 100 Å².